The maximum atomic E-state index is 15.0. The standard InChI is InChI=1S/C22H25FN2O8/c1-14(2)32-22-20(23)21(31-12-16-5-9-18(10-6-16)25(28)29)19(33-22)13-30-11-15-3-7-17(8-4-15)24(26)27/h3-10,14,19-22H,11-13H2,1-2H3/t19-,20-,21-,22-/m1/s1. The normalized spacial score (nSPS) is 22.5. The van der Waals surface area contributed by atoms with Gasteiger partial charge in [0.25, 0.3) is 11.4 Å². The number of hydrogen-bond donors (Lipinski definition) is 0. The molecule has 1 heterocycles. The van der Waals surface area contributed by atoms with Gasteiger partial charge in [0, 0.05) is 24.3 Å². The van der Waals surface area contributed by atoms with Gasteiger partial charge in [0.1, 0.15) is 12.2 Å². The van der Waals surface area contributed by atoms with Crippen molar-refractivity contribution in [3.63, 3.8) is 0 Å². The Kier molecular flexibility index (Phi) is 8.39. The van der Waals surface area contributed by atoms with Crippen molar-refractivity contribution < 1.29 is 33.2 Å². The molecule has 0 saturated carbocycles. The summed E-state index contributed by atoms with van der Waals surface area (Å²) in [4.78, 5) is 20.6. The zero-order valence-corrected chi connectivity index (χ0v) is 18.2. The van der Waals surface area contributed by atoms with E-state index in [0.717, 1.165) is 0 Å². The molecule has 11 heteroatoms. The van der Waals surface area contributed by atoms with Crippen LogP contribution in [-0.4, -0.2) is 47.2 Å². The predicted octanol–water partition coefficient (Wildman–Crippen LogP) is 4.09. The molecule has 33 heavy (non-hydrogen) atoms. The molecule has 3 rings (SSSR count). The minimum Gasteiger partial charge on any atom is -0.374 e. The topological polar surface area (TPSA) is 123 Å². The summed E-state index contributed by atoms with van der Waals surface area (Å²) in [6.45, 7) is 3.72. The summed E-state index contributed by atoms with van der Waals surface area (Å²) in [5.41, 5.74) is 1.29. The fourth-order valence-corrected chi connectivity index (χ4v) is 3.31. The molecule has 4 atom stereocenters. The molecule has 1 aliphatic heterocycles. The van der Waals surface area contributed by atoms with Crippen molar-refractivity contribution in [1.29, 1.82) is 0 Å². The summed E-state index contributed by atoms with van der Waals surface area (Å²) in [6, 6.07) is 11.7. The molecule has 2 aromatic rings. The van der Waals surface area contributed by atoms with Gasteiger partial charge in [0.2, 0.25) is 0 Å². The van der Waals surface area contributed by atoms with Gasteiger partial charge in [-0.15, -0.1) is 0 Å². The molecule has 0 amide bonds. The molecule has 0 radical (unpaired) electrons. The highest BCUT2D eigenvalue weighted by molar-refractivity contribution is 5.33. The summed E-state index contributed by atoms with van der Waals surface area (Å²) in [6.07, 6.45) is -4.65. The SMILES string of the molecule is CC(C)O[C@@H]1O[C@H](COCc2ccc([N+](=O)[O-])cc2)[C@@H](OCc2ccc([N+](=O)[O-])cc2)[C@H]1F. The number of halogens is 1. The van der Waals surface area contributed by atoms with Crippen molar-refractivity contribution in [2.75, 3.05) is 6.61 Å². The fourth-order valence-electron chi connectivity index (χ4n) is 3.31. The van der Waals surface area contributed by atoms with E-state index in [1.165, 1.54) is 24.3 Å². The summed E-state index contributed by atoms with van der Waals surface area (Å²) >= 11 is 0. The minimum absolute atomic E-state index is 0.0142. The number of hydrogen-bond acceptors (Lipinski definition) is 8. The van der Waals surface area contributed by atoms with Crippen LogP contribution in [0.2, 0.25) is 0 Å². The average Bonchev–Trinajstić information content (AvgIpc) is 3.06. The molecule has 0 bridgehead atoms. The van der Waals surface area contributed by atoms with E-state index < -0.39 is 34.5 Å². The zero-order chi connectivity index (χ0) is 24.0. The van der Waals surface area contributed by atoms with E-state index in [-0.39, 0.29) is 37.3 Å². The van der Waals surface area contributed by atoms with Gasteiger partial charge in [-0.2, -0.15) is 0 Å². The second-order valence-corrected chi connectivity index (χ2v) is 7.81. The Balaban J connectivity index is 1.60. The lowest BCUT2D eigenvalue weighted by atomic mass is 10.1. The maximum Gasteiger partial charge on any atom is 0.269 e. The van der Waals surface area contributed by atoms with Crippen molar-refractivity contribution in [3.8, 4) is 0 Å². The Bertz CT molecular complexity index is 938. The monoisotopic (exact) mass is 464 g/mol. The summed E-state index contributed by atoms with van der Waals surface area (Å²) in [5, 5.41) is 21.5. The maximum absolute atomic E-state index is 15.0. The van der Waals surface area contributed by atoms with E-state index in [4.69, 9.17) is 18.9 Å². The predicted molar refractivity (Wildman–Crippen MR) is 114 cm³/mol. The van der Waals surface area contributed by atoms with Gasteiger partial charge in [-0.25, -0.2) is 4.39 Å². The second-order valence-electron chi connectivity index (χ2n) is 7.81. The van der Waals surface area contributed by atoms with Gasteiger partial charge in [0.05, 0.1) is 35.8 Å². The van der Waals surface area contributed by atoms with Crippen LogP contribution in [0.5, 0.6) is 0 Å². The Morgan fingerprint density at radius 3 is 1.94 bits per heavy atom. The number of nitro benzene ring substituents is 2. The minimum atomic E-state index is -1.56. The largest absolute Gasteiger partial charge is 0.374 e. The van der Waals surface area contributed by atoms with E-state index in [2.05, 4.69) is 0 Å². The molecule has 0 spiro atoms. The van der Waals surface area contributed by atoms with Gasteiger partial charge in [-0.05, 0) is 49.2 Å². The molecule has 0 unspecified atom stereocenters. The summed E-state index contributed by atoms with van der Waals surface area (Å²) < 4.78 is 37.7. The second kappa shape index (κ2) is 11.2. The molecule has 0 N–H and O–H groups in total. The van der Waals surface area contributed by atoms with E-state index in [0.29, 0.717) is 11.1 Å². The van der Waals surface area contributed by atoms with Crippen molar-refractivity contribution in [3.05, 3.63) is 79.9 Å². The first-order chi connectivity index (χ1) is 15.7. The van der Waals surface area contributed by atoms with Gasteiger partial charge in [-0.3, -0.25) is 20.2 Å². The first kappa shape index (κ1) is 24.6. The highest BCUT2D eigenvalue weighted by Gasteiger charge is 2.47. The Morgan fingerprint density at radius 2 is 1.45 bits per heavy atom. The molecular formula is C22H25FN2O8. The molecule has 0 aromatic heterocycles. The molecule has 1 aliphatic rings. The van der Waals surface area contributed by atoms with Crippen molar-refractivity contribution >= 4 is 11.4 Å². The molecule has 0 aliphatic carbocycles. The third-order valence-electron chi connectivity index (χ3n) is 4.94. The van der Waals surface area contributed by atoms with Crippen LogP contribution in [-0.2, 0) is 32.2 Å². The van der Waals surface area contributed by atoms with Gasteiger partial charge in [-0.1, -0.05) is 0 Å². The fraction of sp³-hybridized carbons (Fsp3) is 0.455. The number of rotatable bonds is 11. The van der Waals surface area contributed by atoms with Crippen LogP contribution in [0.15, 0.2) is 48.5 Å². The van der Waals surface area contributed by atoms with Crippen LogP contribution < -0.4 is 0 Å². The highest BCUT2D eigenvalue weighted by Crippen LogP contribution is 2.30. The molecule has 10 nitrogen and oxygen atoms in total. The lowest BCUT2D eigenvalue weighted by molar-refractivity contribution is -0.385. The first-order valence-corrected chi connectivity index (χ1v) is 10.4. The van der Waals surface area contributed by atoms with Crippen LogP contribution >= 0.6 is 0 Å². The zero-order valence-electron chi connectivity index (χ0n) is 18.2. The number of nitrogens with zero attached hydrogens (tertiary/aromatic N) is 2. The van der Waals surface area contributed by atoms with Gasteiger partial charge >= 0.3 is 0 Å². The van der Waals surface area contributed by atoms with Gasteiger partial charge < -0.3 is 18.9 Å². The third kappa shape index (κ3) is 6.75. The number of benzene rings is 2. The molecule has 2 aromatic carbocycles. The smallest absolute Gasteiger partial charge is 0.269 e. The third-order valence-corrected chi connectivity index (χ3v) is 4.94. The van der Waals surface area contributed by atoms with Gasteiger partial charge in [0.15, 0.2) is 12.5 Å². The number of nitro groups is 2. The van der Waals surface area contributed by atoms with Crippen LogP contribution in [0.1, 0.15) is 25.0 Å². The summed E-state index contributed by atoms with van der Waals surface area (Å²) in [7, 11) is 0. The van der Waals surface area contributed by atoms with E-state index in [1.807, 2.05) is 0 Å². The molecule has 1 saturated heterocycles. The summed E-state index contributed by atoms with van der Waals surface area (Å²) in [5.74, 6) is 0. The van der Waals surface area contributed by atoms with E-state index >= 15 is 4.39 Å². The van der Waals surface area contributed by atoms with Crippen molar-refractivity contribution in [2.24, 2.45) is 0 Å². The lowest BCUT2D eigenvalue weighted by Crippen LogP contribution is -2.35. The van der Waals surface area contributed by atoms with Crippen molar-refractivity contribution in [1.82, 2.24) is 0 Å². The quantitative estimate of drug-likeness (QED) is 0.360. The Labute approximate surface area is 189 Å². The number of ether oxygens (including phenoxy) is 4. The highest BCUT2D eigenvalue weighted by atomic mass is 19.1. The van der Waals surface area contributed by atoms with Crippen LogP contribution in [0.4, 0.5) is 15.8 Å². The molecular weight excluding hydrogens is 439 g/mol. The average molecular weight is 464 g/mol. The van der Waals surface area contributed by atoms with Crippen molar-refractivity contribution in [2.45, 2.75) is 57.8 Å². The lowest BCUT2D eigenvalue weighted by Gasteiger charge is -2.20. The van der Waals surface area contributed by atoms with Crippen LogP contribution in [0.3, 0.4) is 0 Å². The molecule has 1 fully saturated rings. The number of non-ortho nitro benzene ring substituents is 2. The van der Waals surface area contributed by atoms with E-state index in [1.54, 1.807) is 38.1 Å². The van der Waals surface area contributed by atoms with Crippen LogP contribution in [0, 0.1) is 20.2 Å². The Morgan fingerprint density at radius 1 is 0.939 bits per heavy atom. The first-order valence-electron chi connectivity index (χ1n) is 10.4. The molecule has 178 valence electrons. The Hall–Kier alpha value is -2.99. The van der Waals surface area contributed by atoms with Crippen LogP contribution in [0.25, 0.3) is 0 Å². The van der Waals surface area contributed by atoms with E-state index in [9.17, 15) is 20.2 Å². The number of alkyl halides is 1.